The molecule has 1 nitrogen and oxygen atoms in total. The third-order valence-electron chi connectivity index (χ3n) is 5.27. The summed E-state index contributed by atoms with van der Waals surface area (Å²) >= 11 is 0. The first-order valence-corrected chi connectivity index (χ1v) is 7.90. The second-order valence-corrected chi connectivity index (χ2v) is 6.75. The molecule has 2 aromatic carbocycles. The molecular weight excluding hydrogens is 254 g/mol. The van der Waals surface area contributed by atoms with Crippen molar-refractivity contribution in [1.82, 2.24) is 0 Å². The summed E-state index contributed by atoms with van der Waals surface area (Å²) in [6, 6.07) is 13.3. The Labute approximate surface area is 128 Å². The Bertz CT molecular complexity index is 686. The number of hydrogen-bond donors (Lipinski definition) is 1. The van der Waals surface area contributed by atoms with Gasteiger partial charge in [-0.15, -0.1) is 0 Å². The van der Waals surface area contributed by atoms with Gasteiger partial charge in [0.25, 0.3) is 0 Å². The SMILES string of the molecule is Cc1cc(C)c(C2(N)CCC(C)c3ccccc32)cc1C. The minimum absolute atomic E-state index is 0.342. The average Bonchev–Trinajstić information content (AvgIpc) is 2.47. The zero-order chi connectivity index (χ0) is 15.2. The van der Waals surface area contributed by atoms with Gasteiger partial charge in [0.2, 0.25) is 0 Å². The van der Waals surface area contributed by atoms with Gasteiger partial charge >= 0.3 is 0 Å². The topological polar surface area (TPSA) is 26.0 Å². The number of fused-ring (bicyclic) bond motifs is 1. The van der Waals surface area contributed by atoms with Crippen molar-refractivity contribution < 1.29 is 0 Å². The molecule has 0 radical (unpaired) electrons. The normalized spacial score (nSPS) is 24.7. The van der Waals surface area contributed by atoms with E-state index in [1.54, 1.807) is 0 Å². The predicted molar refractivity (Wildman–Crippen MR) is 89.7 cm³/mol. The summed E-state index contributed by atoms with van der Waals surface area (Å²) < 4.78 is 0. The molecule has 1 aliphatic rings. The first-order valence-electron chi connectivity index (χ1n) is 7.90. The Morgan fingerprint density at radius 2 is 1.62 bits per heavy atom. The molecule has 2 unspecified atom stereocenters. The molecule has 0 amide bonds. The number of aryl methyl sites for hydroxylation is 3. The van der Waals surface area contributed by atoms with Crippen LogP contribution in [0, 0.1) is 20.8 Å². The third kappa shape index (κ3) is 2.20. The van der Waals surface area contributed by atoms with Crippen molar-refractivity contribution in [2.45, 2.75) is 52.0 Å². The van der Waals surface area contributed by atoms with Crippen molar-refractivity contribution >= 4 is 0 Å². The summed E-state index contributed by atoms with van der Waals surface area (Å²) in [6.45, 7) is 8.86. The van der Waals surface area contributed by atoms with Crippen LogP contribution in [0.5, 0.6) is 0 Å². The maximum absolute atomic E-state index is 6.97. The van der Waals surface area contributed by atoms with Crippen molar-refractivity contribution in [2.24, 2.45) is 5.73 Å². The molecule has 0 fully saturated rings. The molecule has 0 saturated carbocycles. The molecule has 0 aromatic heterocycles. The van der Waals surface area contributed by atoms with Gasteiger partial charge in [0.15, 0.2) is 0 Å². The molecule has 2 atom stereocenters. The summed E-state index contributed by atoms with van der Waals surface area (Å²) in [6.07, 6.45) is 2.17. The molecular formula is C20H25N. The van der Waals surface area contributed by atoms with Gasteiger partial charge in [0, 0.05) is 0 Å². The van der Waals surface area contributed by atoms with E-state index in [0.29, 0.717) is 5.92 Å². The first-order chi connectivity index (χ1) is 9.93. The van der Waals surface area contributed by atoms with E-state index in [2.05, 4.69) is 64.1 Å². The molecule has 1 aliphatic carbocycles. The van der Waals surface area contributed by atoms with Crippen LogP contribution in [0.1, 0.15) is 59.1 Å². The predicted octanol–water partition coefficient (Wildman–Crippen LogP) is 4.71. The van der Waals surface area contributed by atoms with Gasteiger partial charge in [-0.1, -0.05) is 43.3 Å². The highest BCUT2D eigenvalue weighted by atomic mass is 14.8. The van der Waals surface area contributed by atoms with Crippen molar-refractivity contribution in [2.75, 3.05) is 0 Å². The van der Waals surface area contributed by atoms with Gasteiger partial charge in [-0.3, -0.25) is 0 Å². The molecule has 3 rings (SSSR count). The Morgan fingerprint density at radius 3 is 2.38 bits per heavy atom. The Hall–Kier alpha value is -1.60. The molecule has 2 aromatic rings. The van der Waals surface area contributed by atoms with E-state index >= 15 is 0 Å². The molecule has 0 aliphatic heterocycles. The maximum Gasteiger partial charge on any atom is 0.0671 e. The van der Waals surface area contributed by atoms with E-state index in [1.165, 1.54) is 33.4 Å². The van der Waals surface area contributed by atoms with Gasteiger partial charge < -0.3 is 5.73 Å². The van der Waals surface area contributed by atoms with E-state index in [-0.39, 0.29) is 5.54 Å². The molecule has 0 bridgehead atoms. The number of nitrogens with two attached hydrogens (primary N) is 1. The summed E-state index contributed by atoms with van der Waals surface area (Å²) in [5.41, 5.74) is 14.6. The highest BCUT2D eigenvalue weighted by Crippen LogP contribution is 2.44. The standard InChI is InChI=1S/C20H25N/c1-13-9-10-20(21,18-8-6-5-7-17(13)18)19-12-15(3)14(2)11-16(19)4/h5-8,11-13H,9-10,21H2,1-4H3. The molecule has 21 heavy (non-hydrogen) atoms. The van der Waals surface area contributed by atoms with Crippen LogP contribution in [-0.2, 0) is 5.54 Å². The van der Waals surface area contributed by atoms with Gasteiger partial charge in [-0.2, -0.15) is 0 Å². The van der Waals surface area contributed by atoms with Crippen LogP contribution in [0.2, 0.25) is 0 Å². The van der Waals surface area contributed by atoms with Crippen molar-refractivity contribution in [3.05, 3.63) is 69.8 Å². The fourth-order valence-electron chi connectivity index (χ4n) is 3.79. The minimum Gasteiger partial charge on any atom is -0.318 e. The molecule has 1 heteroatoms. The van der Waals surface area contributed by atoms with Gasteiger partial charge in [0.1, 0.15) is 0 Å². The largest absolute Gasteiger partial charge is 0.318 e. The van der Waals surface area contributed by atoms with Crippen LogP contribution in [0.15, 0.2) is 36.4 Å². The lowest BCUT2D eigenvalue weighted by Gasteiger charge is -2.40. The second kappa shape index (κ2) is 4.99. The summed E-state index contributed by atoms with van der Waals surface area (Å²) in [5.74, 6) is 0.602. The Morgan fingerprint density at radius 1 is 0.952 bits per heavy atom. The van der Waals surface area contributed by atoms with Crippen molar-refractivity contribution in [1.29, 1.82) is 0 Å². The van der Waals surface area contributed by atoms with Gasteiger partial charge in [-0.05, 0) is 72.9 Å². The molecule has 0 saturated heterocycles. The lowest BCUT2D eigenvalue weighted by molar-refractivity contribution is 0.410. The van der Waals surface area contributed by atoms with Crippen molar-refractivity contribution in [3.8, 4) is 0 Å². The van der Waals surface area contributed by atoms with E-state index in [1.807, 2.05) is 0 Å². The minimum atomic E-state index is -0.342. The lowest BCUT2D eigenvalue weighted by Crippen LogP contribution is -2.42. The van der Waals surface area contributed by atoms with Gasteiger partial charge in [0.05, 0.1) is 5.54 Å². The molecule has 2 N–H and O–H groups in total. The Balaban J connectivity index is 2.23. The highest BCUT2D eigenvalue weighted by Gasteiger charge is 2.37. The first kappa shape index (κ1) is 14.3. The van der Waals surface area contributed by atoms with Crippen LogP contribution in [0.4, 0.5) is 0 Å². The summed E-state index contributed by atoms with van der Waals surface area (Å²) in [4.78, 5) is 0. The molecule has 110 valence electrons. The number of hydrogen-bond acceptors (Lipinski definition) is 1. The van der Waals surface area contributed by atoms with Crippen LogP contribution < -0.4 is 5.73 Å². The second-order valence-electron chi connectivity index (χ2n) is 6.75. The van der Waals surface area contributed by atoms with Crippen molar-refractivity contribution in [3.63, 3.8) is 0 Å². The molecule has 0 spiro atoms. The summed E-state index contributed by atoms with van der Waals surface area (Å²) in [5, 5.41) is 0. The van der Waals surface area contributed by atoms with E-state index in [4.69, 9.17) is 5.73 Å². The zero-order valence-electron chi connectivity index (χ0n) is 13.5. The lowest BCUT2D eigenvalue weighted by atomic mass is 9.68. The maximum atomic E-state index is 6.97. The average molecular weight is 279 g/mol. The third-order valence-corrected chi connectivity index (χ3v) is 5.27. The van der Waals surface area contributed by atoms with E-state index in [9.17, 15) is 0 Å². The fourth-order valence-corrected chi connectivity index (χ4v) is 3.79. The van der Waals surface area contributed by atoms with Gasteiger partial charge in [-0.25, -0.2) is 0 Å². The van der Waals surface area contributed by atoms with Crippen LogP contribution in [-0.4, -0.2) is 0 Å². The van der Waals surface area contributed by atoms with E-state index in [0.717, 1.165) is 12.8 Å². The smallest absolute Gasteiger partial charge is 0.0671 e. The molecule has 0 heterocycles. The zero-order valence-corrected chi connectivity index (χ0v) is 13.5. The van der Waals surface area contributed by atoms with Crippen LogP contribution in [0.3, 0.4) is 0 Å². The Kier molecular flexibility index (Phi) is 3.41. The summed E-state index contributed by atoms with van der Waals surface area (Å²) in [7, 11) is 0. The number of benzene rings is 2. The number of rotatable bonds is 1. The highest BCUT2D eigenvalue weighted by molar-refractivity contribution is 5.50. The monoisotopic (exact) mass is 279 g/mol. The van der Waals surface area contributed by atoms with Crippen LogP contribution >= 0.6 is 0 Å². The quantitative estimate of drug-likeness (QED) is 0.803. The fraction of sp³-hybridized carbons (Fsp3) is 0.400. The van der Waals surface area contributed by atoms with Crippen LogP contribution in [0.25, 0.3) is 0 Å². The van der Waals surface area contributed by atoms with E-state index < -0.39 is 0 Å².